The van der Waals surface area contributed by atoms with E-state index in [9.17, 15) is 0 Å². The average Bonchev–Trinajstić information content (AvgIpc) is 1.48. The van der Waals surface area contributed by atoms with Crippen LogP contribution >= 0.6 is 34.9 Å². The minimum Gasteiger partial charge on any atom is -0.456 e. The molecule has 112 heavy (non-hydrogen) atoms. The summed E-state index contributed by atoms with van der Waals surface area (Å²) in [6, 6.07) is 149. The van der Waals surface area contributed by atoms with Gasteiger partial charge in [-0.1, -0.05) is 345 Å². The number of hydrogen-bond donors (Lipinski definition) is 0. The molecular weight excluding hydrogens is 1450 g/mol. The first-order valence-corrected chi connectivity index (χ1v) is 44.8. The molecule has 4 aliphatic rings. The van der Waals surface area contributed by atoms with Gasteiger partial charge in [-0.3, -0.25) is 0 Å². The van der Waals surface area contributed by atoms with Crippen molar-refractivity contribution in [3.8, 4) is 44.5 Å². The van der Waals surface area contributed by atoms with Crippen molar-refractivity contribution in [1.29, 1.82) is 0 Å². The molecule has 0 saturated carbocycles. The first-order chi connectivity index (χ1) is 55.6. The third kappa shape index (κ3) is 9.73. The lowest BCUT2D eigenvalue weighted by molar-refractivity contribution is 0.669. The minimum absolute atomic E-state index is 0.881. The number of fused-ring (bicyclic) bond motifs is 27. The van der Waals surface area contributed by atoms with E-state index in [1.54, 1.807) is 0 Å². The van der Waals surface area contributed by atoms with Crippen LogP contribution in [0.5, 0.6) is 0 Å². The zero-order valence-corrected chi connectivity index (χ0v) is 65.1. The molecule has 0 amide bonds. The summed E-state index contributed by atoms with van der Waals surface area (Å²) in [5.41, 5.74) is 19.0. The van der Waals surface area contributed by atoms with Crippen molar-refractivity contribution in [1.82, 2.24) is 0 Å². The number of benzene rings is 18. The van der Waals surface area contributed by atoms with E-state index in [1.807, 2.05) is 34.9 Å². The fraction of sp³-hybridized carbons (Fsp3) is 0. The van der Waals surface area contributed by atoms with Gasteiger partial charge in [-0.25, -0.2) is 0 Å². The van der Waals surface area contributed by atoms with Crippen LogP contribution in [0, 0.1) is 0 Å². The third-order valence-electron chi connectivity index (χ3n) is 23.9. The van der Waals surface area contributed by atoms with E-state index < -0.39 is 16.1 Å². The molecular formula is C104H66N2OS3Si2. The molecule has 0 bridgehead atoms. The van der Waals surface area contributed by atoms with E-state index >= 15 is 0 Å². The second kappa shape index (κ2) is 25.9. The number of anilines is 6. The van der Waals surface area contributed by atoms with Gasteiger partial charge in [0.05, 0.1) is 32.8 Å². The van der Waals surface area contributed by atoms with E-state index in [0.29, 0.717) is 0 Å². The maximum Gasteiger partial charge on any atom is 0.183 e. The summed E-state index contributed by atoms with van der Waals surface area (Å²) in [5.74, 6) is 0. The molecule has 0 saturated heterocycles. The summed E-state index contributed by atoms with van der Waals surface area (Å²) >= 11 is 5.76. The zero-order chi connectivity index (χ0) is 73.6. The number of furan rings is 1. The van der Waals surface area contributed by atoms with E-state index in [1.165, 1.54) is 170 Å². The van der Waals surface area contributed by atoms with Crippen molar-refractivity contribution in [3.63, 3.8) is 0 Å². The lowest BCUT2D eigenvalue weighted by atomic mass is 10.00. The van der Waals surface area contributed by atoms with Gasteiger partial charge in [-0.2, -0.15) is 0 Å². The maximum atomic E-state index is 6.52. The Kier molecular flexibility index (Phi) is 15.1. The molecule has 20 aromatic rings. The largest absolute Gasteiger partial charge is 0.456 e. The Bertz CT molecular complexity index is 7160. The molecule has 4 aliphatic heterocycles. The van der Waals surface area contributed by atoms with Crippen molar-refractivity contribution in [2.75, 3.05) is 9.80 Å². The van der Waals surface area contributed by atoms with Crippen LogP contribution in [0.3, 0.4) is 0 Å². The second-order valence-electron chi connectivity index (χ2n) is 29.5. The summed E-state index contributed by atoms with van der Waals surface area (Å²) in [4.78, 5) is 10.4. The minimum atomic E-state index is -2.71. The quantitative estimate of drug-likeness (QED) is 0.111. The number of thiophene rings is 1. The van der Waals surface area contributed by atoms with Gasteiger partial charge in [0.2, 0.25) is 0 Å². The molecule has 0 N–H and O–H groups in total. The van der Waals surface area contributed by atoms with E-state index in [4.69, 9.17) is 4.42 Å². The fourth-order valence-electron chi connectivity index (χ4n) is 19.2. The van der Waals surface area contributed by atoms with Gasteiger partial charge in [0.15, 0.2) is 16.1 Å². The summed E-state index contributed by atoms with van der Waals surface area (Å²) in [7, 11) is -5.39. The van der Waals surface area contributed by atoms with Crippen molar-refractivity contribution >= 4 is 190 Å². The molecule has 2 spiro atoms. The predicted molar refractivity (Wildman–Crippen MR) is 482 cm³/mol. The fourth-order valence-corrected chi connectivity index (χ4v) is 35.4. The lowest BCUT2D eigenvalue weighted by Crippen LogP contribution is -2.74. The van der Waals surface area contributed by atoms with Gasteiger partial charge in [-0.15, -0.1) is 11.3 Å². The molecule has 8 heteroatoms. The molecule has 0 aliphatic carbocycles. The molecule has 0 atom stereocenters. The summed E-state index contributed by atoms with van der Waals surface area (Å²) in [5, 5.41) is 21.7. The van der Waals surface area contributed by atoms with E-state index in [0.717, 1.165) is 33.3 Å². The highest BCUT2D eigenvalue weighted by Gasteiger charge is 2.55. The average molecular weight is 1510 g/mol. The standard InChI is InChI=1S/C54H35NOSSi.C50H31NS2Si/c1-2-14-36(15-3-1)37-28-30-38(31-29-37)39-32-34-40(35-33-39)55(44-19-12-22-47-53(44)43-18-4-7-21-46(43)56-47)45-20-13-27-52-54(45)57-48-23-8-11-26-51(48)58(52)49-24-9-5-16-41(49)42-17-6-10-25-50(42)58;1-2-14-35-32(13-1)27-28-33-31-34(29-30-36(33)35)51(41-19-11-18-40-37-15-3-6-21-43(37)52-49(40)41)42-20-12-26-48-50(42)53-44-22-7-10-25-47(44)54(48)45-23-8-4-16-38(45)39-17-5-9-24-46(39)54/h1-35H;1-31H. The molecule has 0 fully saturated rings. The number of rotatable bonds is 8. The monoisotopic (exact) mass is 1510 g/mol. The second-order valence-corrected chi connectivity index (χ2v) is 40.0. The van der Waals surface area contributed by atoms with Crippen molar-refractivity contribution in [2.24, 2.45) is 0 Å². The van der Waals surface area contributed by atoms with Crippen LogP contribution in [0.2, 0.25) is 0 Å². The smallest absolute Gasteiger partial charge is 0.183 e. The van der Waals surface area contributed by atoms with Crippen LogP contribution in [0.25, 0.3) is 108 Å². The molecule has 2 aromatic heterocycles. The highest BCUT2D eigenvalue weighted by atomic mass is 32.2. The Labute approximate surface area is 663 Å². The van der Waals surface area contributed by atoms with E-state index in [-0.39, 0.29) is 0 Å². The van der Waals surface area contributed by atoms with Crippen LogP contribution in [0.15, 0.2) is 424 Å². The molecule has 6 heterocycles. The molecule has 18 aromatic carbocycles. The lowest BCUT2D eigenvalue weighted by Gasteiger charge is -2.39. The first kappa shape index (κ1) is 65.2. The van der Waals surface area contributed by atoms with Crippen LogP contribution in [-0.2, 0) is 0 Å². The summed E-state index contributed by atoms with van der Waals surface area (Å²) < 4.78 is 9.14. The van der Waals surface area contributed by atoms with Crippen LogP contribution in [0.4, 0.5) is 34.1 Å². The van der Waals surface area contributed by atoms with Crippen LogP contribution < -0.4 is 51.3 Å². The highest BCUT2D eigenvalue weighted by Crippen LogP contribution is 2.53. The molecule has 0 unspecified atom stereocenters. The van der Waals surface area contributed by atoms with Crippen molar-refractivity contribution in [2.45, 2.75) is 19.6 Å². The van der Waals surface area contributed by atoms with Gasteiger partial charge in [0.1, 0.15) is 11.2 Å². The van der Waals surface area contributed by atoms with Gasteiger partial charge >= 0.3 is 0 Å². The number of para-hydroxylation sites is 1. The van der Waals surface area contributed by atoms with Gasteiger partial charge in [0, 0.05) is 51.8 Å². The Morgan fingerprint density at radius 1 is 0.241 bits per heavy atom. The zero-order valence-electron chi connectivity index (χ0n) is 60.6. The number of hydrogen-bond acceptors (Lipinski definition) is 6. The van der Waals surface area contributed by atoms with Crippen molar-refractivity contribution < 1.29 is 4.42 Å². The normalized spacial score (nSPS) is 13.4. The predicted octanol–water partition coefficient (Wildman–Crippen LogP) is 23.9. The third-order valence-corrected chi connectivity index (χ3v) is 38.1. The van der Waals surface area contributed by atoms with Crippen LogP contribution in [-0.4, -0.2) is 16.1 Å². The molecule has 24 rings (SSSR count). The molecule has 3 nitrogen and oxygen atoms in total. The molecule has 524 valence electrons. The summed E-state index contributed by atoms with van der Waals surface area (Å²) in [6.45, 7) is 0. The van der Waals surface area contributed by atoms with Gasteiger partial charge < -0.3 is 14.2 Å². The molecule has 0 radical (unpaired) electrons. The van der Waals surface area contributed by atoms with Gasteiger partial charge in [-0.05, 0) is 186 Å². The summed E-state index contributed by atoms with van der Waals surface area (Å²) in [6.07, 6.45) is 0. The van der Waals surface area contributed by atoms with Gasteiger partial charge in [0.25, 0.3) is 0 Å². The van der Waals surface area contributed by atoms with Crippen LogP contribution in [0.1, 0.15) is 0 Å². The Hall–Kier alpha value is -12.8. The SMILES string of the molecule is c1ccc(-c2ccc(-c3ccc(N(c4cccc5c4Sc4ccccc4[Si]54c5ccccc5-c5ccccc54)c4cccc5oc6ccccc6c45)cc3)cc2)cc1.c1ccc2c(c1)Sc1c(N(c3ccc4c(ccc5ccccc54)c3)c3cccc4c3sc3ccccc34)cccc1[Si]21c2ccccc2-c2ccccc21. The first-order valence-electron chi connectivity index (χ1n) is 38.3. The Morgan fingerprint density at radius 3 is 1.25 bits per heavy atom. The maximum absolute atomic E-state index is 6.52. The highest BCUT2D eigenvalue weighted by molar-refractivity contribution is 8.00. The topological polar surface area (TPSA) is 19.6 Å². The van der Waals surface area contributed by atoms with Crippen molar-refractivity contribution in [3.05, 3.63) is 400 Å². The Balaban J connectivity index is 0.000000134. The number of nitrogens with zero attached hydrogens (tertiary/aromatic N) is 2. The van der Waals surface area contributed by atoms with E-state index in [2.05, 4.69) is 410 Å². The Morgan fingerprint density at radius 2 is 0.643 bits per heavy atom.